The van der Waals surface area contributed by atoms with Crippen molar-refractivity contribution in [2.45, 2.75) is 20.8 Å². The quantitative estimate of drug-likeness (QED) is 0.897. The Kier molecular flexibility index (Phi) is 4.17. The maximum atomic E-state index is 11.2. The third-order valence-electron chi connectivity index (χ3n) is 3.44. The summed E-state index contributed by atoms with van der Waals surface area (Å²) in [5.41, 5.74) is 2.48. The van der Waals surface area contributed by atoms with Crippen LogP contribution >= 0.6 is 0 Å². The van der Waals surface area contributed by atoms with Crippen LogP contribution in [0.2, 0.25) is 0 Å². The van der Waals surface area contributed by atoms with Crippen molar-refractivity contribution in [1.82, 2.24) is 0 Å². The highest BCUT2D eigenvalue weighted by atomic mass is 16.5. The fraction of sp³-hybridized carbons (Fsp3) is 0.176. The summed E-state index contributed by atoms with van der Waals surface area (Å²) in [4.78, 5) is 22.2. The molecule has 0 aliphatic carbocycles. The van der Waals surface area contributed by atoms with Crippen LogP contribution in [0.25, 0.3) is 0 Å². The van der Waals surface area contributed by atoms with Crippen LogP contribution in [-0.2, 0) is 0 Å². The highest BCUT2D eigenvalue weighted by Gasteiger charge is 2.17. The highest BCUT2D eigenvalue weighted by molar-refractivity contribution is 6.02. The molecule has 0 atom stereocenters. The Morgan fingerprint density at radius 2 is 1.55 bits per heavy atom. The second-order valence-electron chi connectivity index (χ2n) is 5.12. The van der Waals surface area contributed by atoms with Crippen molar-refractivity contribution in [3.63, 3.8) is 0 Å². The molecule has 0 aromatic heterocycles. The molecule has 114 valence electrons. The van der Waals surface area contributed by atoms with Gasteiger partial charge in [0, 0.05) is 0 Å². The van der Waals surface area contributed by atoms with Crippen molar-refractivity contribution in [1.29, 1.82) is 0 Å². The summed E-state index contributed by atoms with van der Waals surface area (Å²) in [6.07, 6.45) is 0. The minimum atomic E-state index is -1.31. The van der Waals surface area contributed by atoms with Crippen LogP contribution in [0.3, 0.4) is 0 Å². The van der Waals surface area contributed by atoms with Crippen LogP contribution in [0, 0.1) is 20.8 Å². The molecule has 0 aliphatic rings. The van der Waals surface area contributed by atoms with Crippen LogP contribution < -0.4 is 4.74 Å². The summed E-state index contributed by atoms with van der Waals surface area (Å²) in [7, 11) is 0. The summed E-state index contributed by atoms with van der Waals surface area (Å²) in [5, 5.41) is 18.1. The van der Waals surface area contributed by atoms with Gasteiger partial charge in [0.2, 0.25) is 0 Å². The third-order valence-corrected chi connectivity index (χ3v) is 3.44. The van der Waals surface area contributed by atoms with Gasteiger partial charge in [-0.1, -0.05) is 6.07 Å². The zero-order valence-corrected chi connectivity index (χ0v) is 12.5. The Morgan fingerprint density at radius 3 is 2.14 bits per heavy atom. The molecule has 2 rings (SSSR count). The molecular formula is C17H16O5. The Hall–Kier alpha value is -2.82. The van der Waals surface area contributed by atoms with E-state index < -0.39 is 11.9 Å². The number of ether oxygens (including phenoxy) is 1. The molecule has 0 heterocycles. The summed E-state index contributed by atoms with van der Waals surface area (Å²) in [6.45, 7) is 5.81. The third kappa shape index (κ3) is 3.09. The summed E-state index contributed by atoms with van der Waals surface area (Å²) < 4.78 is 5.74. The monoisotopic (exact) mass is 300 g/mol. The number of hydrogen-bond donors (Lipinski definition) is 2. The summed E-state index contributed by atoms with van der Waals surface area (Å²) in [6, 6.07) is 7.79. The number of hydrogen-bond acceptors (Lipinski definition) is 3. The first-order chi connectivity index (χ1) is 10.3. The lowest BCUT2D eigenvalue weighted by molar-refractivity contribution is 0.0651. The standard InChI is InChI=1S/C17H16O5/c1-9-6-10(2)11(3)15(7-9)22-12-4-5-13(16(18)19)14(8-12)17(20)21/h4-8H,1-3H3,(H,18,19)(H,20,21). The van der Waals surface area contributed by atoms with Gasteiger partial charge in [-0.2, -0.15) is 0 Å². The van der Waals surface area contributed by atoms with Crippen molar-refractivity contribution < 1.29 is 24.5 Å². The lowest BCUT2D eigenvalue weighted by Gasteiger charge is -2.13. The Balaban J connectivity index is 2.45. The molecule has 0 saturated carbocycles. The Labute approximate surface area is 127 Å². The van der Waals surface area contributed by atoms with E-state index in [1.165, 1.54) is 18.2 Å². The SMILES string of the molecule is Cc1cc(C)c(C)c(Oc2ccc(C(=O)O)c(C(=O)O)c2)c1. The van der Waals surface area contributed by atoms with E-state index in [1.807, 2.05) is 32.9 Å². The van der Waals surface area contributed by atoms with Crippen molar-refractivity contribution in [3.05, 3.63) is 58.1 Å². The molecule has 0 radical (unpaired) electrons. The van der Waals surface area contributed by atoms with Crippen LogP contribution in [-0.4, -0.2) is 22.2 Å². The van der Waals surface area contributed by atoms with E-state index in [0.717, 1.165) is 16.7 Å². The van der Waals surface area contributed by atoms with E-state index in [9.17, 15) is 9.59 Å². The summed E-state index contributed by atoms with van der Waals surface area (Å²) in [5.74, 6) is -1.68. The molecule has 2 aromatic carbocycles. The van der Waals surface area contributed by atoms with Gasteiger partial charge in [-0.05, 0) is 61.7 Å². The molecule has 0 bridgehead atoms. The average molecular weight is 300 g/mol. The molecule has 0 spiro atoms. The number of carbonyl (C=O) groups is 2. The van der Waals surface area contributed by atoms with Gasteiger partial charge in [0.15, 0.2) is 0 Å². The molecule has 2 aromatic rings. The summed E-state index contributed by atoms with van der Waals surface area (Å²) >= 11 is 0. The zero-order valence-electron chi connectivity index (χ0n) is 12.5. The number of rotatable bonds is 4. The van der Waals surface area contributed by atoms with Gasteiger partial charge in [-0.15, -0.1) is 0 Å². The van der Waals surface area contributed by atoms with E-state index in [2.05, 4.69) is 0 Å². The van der Waals surface area contributed by atoms with Gasteiger partial charge in [-0.3, -0.25) is 0 Å². The largest absolute Gasteiger partial charge is 0.478 e. The predicted octanol–water partition coefficient (Wildman–Crippen LogP) is 3.80. The normalized spacial score (nSPS) is 10.3. The maximum absolute atomic E-state index is 11.2. The van der Waals surface area contributed by atoms with Crippen LogP contribution in [0.15, 0.2) is 30.3 Å². The van der Waals surface area contributed by atoms with Crippen LogP contribution in [0.1, 0.15) is 37.4 Å². The molecule has 0 amide bonds. The van der Waals surface area contributed by atoms with Gasteiger partial charge in [0.25, 0.3) is 0 Å². The highest BCUT2D eigenvalue weighted by Crippen LogP contribution is 2.29. The van der Waals surface area contributed by atoms with Crippen molar-refractivity contribution in [3.8, 4) is 11.5 Å². The lowest BCUT2D eigenvalue weighted by Crippen LogP contribution is -2.08. The van der Waals surface area contributed by atoms with Gasteiger partial charge < -0.3 is 14.9 Å². The second kappa shape index (κ2) is 5.89. The van der Waals surface area contributed by atoms with Crippen molar-refractivity contribution >= 4 is 11.9 Å². The topological polar surface area (TPSA) is 83.8 Å². The Morgan fingerprint density at radius 1 is 0.909 bits per heavy atom. The molecule has 22 heavy (non-hydrogen) atoms. The first-order valence-corrected chi connectivity index (χ1v) is 6.66. The number of benzene rings is 2. The number of aryl methyl sites for hydroxylation is 2. The van der Waals surface area contributed by atoms with Gasteiger partial charge in [0.05, 0.1) is 11.1 Å². The van der Waals surface area contributed by atoms with Crippen LogP contribution in [0.4, 0.5) is 0 Å². The Bertz CT molecular complexity index is 762. The molecule has 5 nitrogen and oxygen atoms in total. The van der Waals surface area contributed by atoms with Gasteiger partial charge in [0.1, 0.15) is 11.5 Å². The van der Waals surface area contributed by atoms with Gasteiger partial charge in [-0.25, -0.2) is 9.59 Å². The van der Waals surface area contributed by atoms with Crippen molar-refractivity contribution in [2.24, 2.45) is 0 Å². The zero-order chi connectivity index (χ0) is 16.4. The maximum Gasteiger partial charge on any atom is 0.336 e. The fourth-order valence-corrected chi connectivity index (χ4v) is 2.18. The molecule has 5 heteroatoms. The van der Waals surface area contributed by atoms with E-state index in [-0.39, 0.29) is 16.9 Å². The van der Waals surface area contributed by atoms with Crippen molar-refractivity contribution in [2.75, 3.05) is 0 Å². The number of carboxylic acids is 2. The number of aromatic carboxylic acids is 2. The molecule has 0 unspecified atom stereocenters. The van der Waals surface area contributed by atoms with Crippen LogP contribution in [0.5, 0.6) is 11.5 Å². The first kappa shape index (κ1) is 15.6. The average Bonchev–Trinajstić information content (AvgIpc) is 2.43. The molecule has 0 fully saturated rings. The van der Waals surface area contributed by atoms with E-state index in [1.54, 1.807) is 0 Å². The minimum absolute atomic E-state index is 0.267. The van der Waals surface area contributed by atoms with E-state index >= 15 is 0 Å². The predicted molar refractivity (Wildman–Crippen MR) is 81.1 cm³/mol. The fourth-order valence-electron chi connectivity index (χ4n) is 2.18. The number of carboxylic acid groups (broad SMARTS) is 2. The molecular weight excluding hydrogens is 284 g/mol. The lowest BCUT2D eigenvalue weighted by atomic mass is 10.1. The van der Waals surface area contributed by atoms with E-state index in [4.69, 9.17) is 14.9 Å². The van der Waals surface area contributed by atoms with E-state index in [0.29, 0.717) is 5.75 Å². The molecule has 2 N–H and O–H groups in total. The van der Waals surface area contributed by atoms with Gasteiger partial charge >= 0.3 is 11.9 Å². The second-order valence-corrected chi connectivity index (χ2v) is 5.12. The first-order valence-electron chi connectivity index (χ1n) is 6.66. The molecule has 0 aliphatic heterocycles. The smallest absolute Gasteiger partial charge is 0.336 e. The minimum Gasteiger partial charge on any atom is -0.478 e. The molecule has 0 saturated heterocycles.